The lowest BCUT2D eigenvalue weighted by Crippen LogP contribution is -1.87. The van der Waals surface area contributed by atoms with Gasteiger partial charge in [0.25, 0.3) is 0 Å². The highest BCUT2D eigenvalue weighted by molar-refractivity contribution is 5.93. The molecule has 0 fully saturated rings. The van der Waals surface area contributed by atoms with Gasteiger partial charge in [-0.2, -0.15) is 4.99 Å². The maximum absolute atomic E-state index is 10.1. The highest BCUT2D eigenvalue weighted by atomic mass is 16.1. The van der Waals surface area contributed by atoms with E-state index in [0.29, 0.717) is 12.2 Å². The van der Waals surface area contributed by atoms with Gasteiger partial charge in [0, 0.05) is 5.39 Å². The SMILES string of the molecule is O=C=NCCc1ccccc1.O=C=Nc1cccc2ccccc12. The van der Waals surface area contributed by atoms with Gasteiger partial charge >= 0.3 is 0 Å². The van der Waals surface area contributed by atoms with Crippen molar-refractivity contribution >= 4 is 28.6 Å². The molecule has 0 radical (unpaired) electrons. The van der Waals surface area contributed by atoms with E-state index in [1.54, 1.807) is 12.1 Å². The molecule has 0 atom stereocenters. The number of rotatable bonds is 4. The quantitative estimate of drug-likeness (QED) is 0.530. The molecule has 0 saturated carbocycles. The predicted molar refractivity (Wildman–Crippen MR) is 94.9 cm³/mol. The minimum absolute atomic E-state index is 0.535. The molecule has 0 amide bonds. The minimum Gasteiger partial charge on any atom is -0.211 e. The van der Waals surface area contributed by atoms with E-state index in [9.17, 15) is 9.59 Å². The summed E-state index contributed by atoms with van der Waals surface area (Å²) < 4.78 is 0. The number of carbonyl (C=O) groups excluding carboxylic acids is 2. The molecular formula is C20H16N2O2. The van der Waals surface area contributed by atoms with Crippen LogP contribution in [0.15, 0.2) is 82.8 Å². The van der Waals surface area contributed by atoms with Crippen molar-refractivity contribution < 1.29 is 9.59 Å². The largest absolute Gasteiger partial charge is 0.240 e. The van der Waals surface area contributed by atoms with Crippen LogP contribution in [0.25, 0.3) is 10.8 Å². The first-order valence-corrected chi connectivity index (χ1v) is 7.48. The molecule has 118 valence electrons. The van der Waals surface area contributed by atoms with Crippen LogP contribution in [0.4, 0.5) is 5.69 Å². The zero-order chi connectivity index (χ0) is 17.0. The molecule has 0 saturated heterocycles. The van der Waals surface area contributed by atoms with Gasteiger partial charge in [0.1, 0.15) is 0 Å². The lowest BCUT2D eigenvalue weighted by Gasteiger charge is -1.98. The summed E-state index contributed by atoms with van der Waals surface area (Å²) in [5, 5.41) is 2.06. The molecule has 0 aliphatic carbocycles. The van der Waals surface area contributed by atoms with Gasteiger partial charge in [-0.15, -0.1) is 0 Å². The van der Waals surface area contributed by atoms with Gasteiger partial charge in [-0.25, -0.2) is 14.6 Å². The number of hydrogen-bond acceptors (Lipinski definition) is 4. The lowest BCUT2D eigenvalue weighted by molar-refractivity contribution is 0.562. The summed E-state index contributed by atoms with van der Waals surface area (Å²) >= 11 is 0. The Morgan fingerprint density at radius 3 is 2.21 bits per heavy atom. The molecule has 24 heavy (non-hydrogen) atoms. The Morgan fingerprint density at radius 1 is 0.750 bits per heavy atom. The fraction of sp³-hybridized carbons (Fsp3) is 0.100. The second-order valence-electron chi connectivity index (χ2n) is 4.91. The molecule has 4 heteroatoms. The Balaban J connectivity index is 0.000000177. The molecule has 0 heterocycles. The summed E-state index contributed by atoms with van der Waals surface area (Å²) in [4.78, 5) is 26.9. The normalized spacial score (nSPS) is 9.17. The van der Waals surface area contributed by atoms with Gasteiger partial charge in [-0.1, -0.05) is 66.7 Å². The molecule has 0 N–H and O–H groups in total. The highest BCUT2D eigenvalue weighted by Gasteiger charge is 1.96. The summed E-state index contributed by atoms with van der Waals surface area (Å²) in [6.45, 7) is 0.535. The van der Waals surface area contributed by atoms with E-state index in [1.807, 2.05) is 66.7 Å². The molecular weight excluding hydrogens is 300 g/mol. The lowest BCUT2D eigenvalue weighted by atomic mass is 10.1. The van der Waals surface area contributed by atoms with Crippen LogP contribution in [-0.4, -0.2) is 18.7 Å². The minimum atomic E-state index is 0.535. The molecule has 0 spiro atoms. The first-order chi connectivity index (χ1) is 11.8. The van der Waals surface area contributed by atoms with E-state index in [0.717, 1.165) is 17.2 Å². The zero-order valence-electron chi connectivity index (χ0n) is 13.1. The van der Waals surface area contributed by atoms with E-state index in [-0.39, 0.29) is 0 Å². The van der Waals surface area contributed by atoms with Crippen molar-refractivity contribution in [3.8, 4) is 0 Å². The van der Waals surface area contributed by atoms with Crippen molar-refractivity contribution in [3.05, 3.63) is 78.4 Å². The Labute approximate surface area is 140 Å². The molecule has 3 aromatic rings. The van der Waals surface area contributed by atoms with E-state index >= 15 is 0 Å². The van der Waals surface area contributed by atoms with Crippen LogP contribution >= 0.6 is 0 Å². The molecule has 0 aliphatic rings. The zero-order valence-corrected chi connectivity index (χ0v) is 13.1. The van der Waals surface area contributed by atoms with E-state index < -0.39 is 0 Å². The third-order valence-corrected chi connectivity index (χ3v) is 3.35. The average Bonchev–Trinajstić information content (AvgIpc) is 2.64. The van der Waals surface area contributed by atoms with Gasteiger partial charge in [0.15, 0.2) is 0 Å². The van der Waals surface area contributed by atoms with Gasteiger partial charge in [0.2, 0.25) is 12.2 Å². The van der Waals surface area contributed by atoms with Crippen LogP contribution < -0.4 is 0 Å². The third-order valence-electron chi connectivity index (χ3n) is 3.35. The highest BCUT2D eigenvalue weighted by Crippen LogP contribution is 2.24. The van der Waals surface area contributed by atoms with Crippen LogP contribution in [0, 0.1) is 0 Å². The number of benzene rings is 3. The summed E-state index contributed by atoms with van der Waals surface area (Å²) in [5.74, 6) is 0. The molecule has 0 aliphatic heterocycles. The van der Waals surface area contributed by atoms with Crippen LogP contribution in [0.5, 0.6) is 0 Å². The average molecular weight is 316 g/mol. The van der Waals surface area contributed by atoms with Crippen LogP contribution in [0.1, 0.15) is 5.56 Å². The molecule has 3 rings (SSSR count). The second kappa shape index (κ2) is 9.65. The molecule has 0 bridgehead atoms. The van der Waals surface area contributed by atoms with E-state index in [1.165, 1.54) is 11.6 Å². The van der Waals surface area contributed by atoms with Crippen LogP contribution in [0.3, 0.4) is 0 Å². The molecule has 3 aromatic carbocycles. The van der Waals surface area contributed by atoms with E-state index in [4.69, 9.17) is 0 Å². The standard InChI is InChI=1S/C11H7NO.C9H9NO/c13-8-12-11-7-3-5-9-4-1-2-6-10(9)11;11-8-10-7-6-9-4-2-1-3-5-9/h1-7H;1-5H,6-7H2. The van der Waals surface area contributed by atoms with Gasteiger partial charge in [-0.3, -0.25) is 0 Å². The first kappa shape index (κ1) is 17.0. The Bertz CT molecular complexity index is 873. The van der Waals surface area contributed by atoms with Crippen molar-refractivity contribution in [2.45, 2.75) is 6.42 Å². The van der Waals surface area contributed by atoms with Gasteiger partial charge < -0.3 is 0 Å². The van der Waals surface area contributed by atoms with Crippen molar-refractivity contribution in [2.24, 2.45) is 9.98 Å². The summed E-state index contributed by atoms with van der Waals surface area (Å²) in [7, 11) is 0. The van der Waals surface area contributed by atoms with E-state index in [2.05, 4.69) is 9.98 Å². The number of nitrogens with zero attached hydrogens (tertiary/aromatic N) is 2. The maximum atomic E-state index is 10.1. The summed E-state index contributed by atoms with van der Waals surface area (Å²) in [6, 6.07) is 23.4. The summed E-state index contributed by atoms with van der Waals surface area (Å²) in [6.07, 6.45) is 3.88. The molecule has 0 aromatic heterocycles. The van der Waals surface area contributed by atoms with Gasteiger partial charge in [-0.05, 0) is 23.4 Å². The second-order valence-corrected chi connectivity index (χ2v) is 4.91. The monoisotopic (exact) mass is 316 g/mol. The fourth-order valence-electron chi connectivity index (χ4n) is 2.23. The van der Waals surface area contributed by atoms with Crippen molar-refractivity contribution in [1.82, 2.24) is 0 Å². The summed E-state index contributed by atoms with van der Waals surface area (Å²) in [5.41, 5.74) is 1.87. The third kappa shape index (κ3) is 5.15. The number of hydrogen-bond donors (Lipinski definition) is 0. The number of isocyanates is 2. The molecule has 4 nitrogen and oxygen atoms in total. The number of fused-ring (bicyclic) bond motifs is 1. The van der Waals surface area contributed by atoms with Crippen LogP contribution in [-0.2, 0) is 16.0 Å². The fourth-order valence-corrected chi connectivity index (χ4v) is 2.23. The number of aliphatic imine (C=N–C) groups is 2. The van der Waals surface area contributed by atoms with Crippen molar-refractivity contribution in [2.75, 3.05) is 6.54 Å². The Morgan fingerprint density at radius 2 is 1.46 bits per heavy atom. The molecule has 0 unspecified atom stereocenters. The Kier molecular flexibility index (Phi) is 6.85. The van der Waals surface area contributed by atoms with Crippen molar-refractivity contribution in [1.29, 1.82) is 0 Å². The Hall–Kier alpha value is -3.32. The van der Waals surface area contributed by atoms with Crippen LogP contribution in [0.2, 0.25) is 0 Å². The first-order valence-electron chi connectivity index (χ1n) is 7.48. The smallest absolute Gasteiger partial charge is 0.211 e. The van der Waals surface area contributed by atoms with Gasteiger partial charge in [0.05, 0.1) is 12.2 Å². The maximum Gasteiger partial charge on any atom is 0.240 e. The predicted octanol–water partition coefficient (Wildman–Crippen LogP) is 4.37. The van der Waals surface area contributed by atoms with Crippen molar-refractivity contribution in [3.63, 3.8) is 0 Å². The topological polar surface area (TPSA) is 58.9 Å².